The average Bonchev–Trinajstić information content (AvgIpc) is 3.04. The lowest BCUT2D eigenvalue weighted by Gasteiger charge is -2.29. The van der Waals surface area contributed by atoms with Crippen molar-refractivity contribution in [3.8, 4) is 11.1 Å². The highest BCUT2D eigenvalue weighted by Gasteiger charge is 2.35. The van der Waals surface area contributed by atoms with E-state index in [0.717, 1.165) is 23.5 Å². The van der Waals surface area contributed by atoms with Crippen molar-refractivity contribution < 1.29 is 4.39 Å². The van der Waals surface area contributed by atoms with E-state index in [4.69, 9.17) is 0 Å². The van der Waals surface area contributed by atoms with Crippen molar-refractivity contribution in [1.82, 2.24) is 9.78 Å². The van der Waals surface area contributed by atoms with Crippen LogP contribution in [0.2, 0.25) is 0 Å². The van der Waals surface area contributed by atoms with Crippen molar-refractivity contribution in [1.29, 1.82) is 0 Å². The second-order valence-corrected chi connectivity index (χ2v) is 5.50. The zero-order valence-corrected chi connectivity index (χ0v) is 10.6. The minimum atomic E-state index is -0.200. The molecule has 0 bridgehead atoms. The fourth-order valence-electron chi connectivity index (χ4n) is 3.44. The van der Waals surface area contributed by atoms with Crippen LogP contribution in [0.3, 0.4) is 0 Å². The summed E-state index contributed by atoms with van der Waals surface area (Å²) in [5.41, 5.74) is 2.09. The number of nitrogens with one attached hydrogen (secondary N) is 1. The Balaban J connectivity index is 1.77. The Labute approximate surface area is 111 Å². The summed E-state index contributed by atoms with van der Waals surface area (Å²) < 4.78 is 15.1. The first-order chi connectivity index (χ1) is 9.33. The molecule has 2 atom stereocenters. The molecule has 1 aromatic heterocycles. The predicted molar refractivity (Wildman–Crippen MR) is 72.5 cm³/mol. The second kappa shape index (κ2) is 4.08. The second-order valence-electron chi connectivity index (χ2n) is 5.50. The molecule has 1 N–H and O–H groups in total. The molecule has 1 saturated carbocycles. The molecular weight excluding hydrogens is 241 g/mol. The molecule has 0 amide bonds. The molecule has 1 aliphatic carbocycles. The number of benzene rings is 1. The van der Waals surface area contributed by atoms with Gasteiger partial charge in [-0.25, -0.2) is 9.07 Å². The van der Waals surface area contributed by atoms with Crippen molar-refractivity contribution in [2.45, 2.75) is 25.3 Å². The number of fused-ring (bicyclic) bond motifs is 3. The molecule has 2 unspecified atom stereocenters. The van der Waals surface area contributed by atoms with Crippen molar-refractivity contribution in [2.24, 2.45) is 5.92 Å². The van der Waals surface area contributed by atoms with Crippen LogP contribution in [0, 0.1) is 11.7 Å². The van der Waals surface area contributed by atoms with Gasteiger partial charge in [-0.15, -0.1) is 0 Å². The first kappa shape index (κ1) is 11.0. The fourth-order valence-corrected chi connectivity index (χ4v) is 3.44. The van der Waals surface area contributed by atoms with E-state index in [9.17, 15) is 4.39 Å². The van der Waals surface area contributed by atoms with E-state index in [1.165, 1.54) is 31.4 Å². The zero-order chi connectivity index (χ0) is 12.8. The van der Waals surface area contributed by atoms with Gasteiger partial charge in [0, 0.05) is 12.1 Å². The summed E-state index contributed by atoms with van der Waals surface area (Å²) in [4.78, 5) is 0. The summed E-state index contributed by atoms with van der Waals surface area (Å²) in [5, 5.41) is 8.06. The molecule has 1 aliphatic heterocycles. The Morgan fingerprint density at radius 2 is 2.05 bits per heavy atom. The summed E-state index contributed by atoms with van der Waals surface area (Å²) in [6.07, 6.45) is 5.71. The summed E-state index contributed by atoms with van der Waals surface area (Å²) in [5.74, 6) is 1.61. The maximum Gasteiger partial charge on any atom is 0.132 e. The molecule has 4 rings (SSSR count). The predicted octanol–water partition coefficient (Wildman–Crippen LogP) is 3.46. The van der Waals surface area contributed by atoms with Crippen LogP contribution in [0.4, 0.5) is 10.2 Å². The van der Waals surface area contributed by atoms with Crippen LogP contribution in [0.15, 0.2) is 30.5 Å². The molecule has 4 heteroatoms. The van der Waals surface area contributed by atoms with Crippen LogP contribution in [-0.2, 0) is 0 Å². The Bertz CT molecular complexity index is 602. The number of anilines is 1. The quantitative estimate of drug-likeness (QED) is 0.848. The number of aromatic nitrogens is 2. The molecule has 2 aromatic rings. The van der Waals surface area contributed by atoms with E-state index in [-0.39, 0.29) is 5.82 Å². The molecule has 2 aliphatic rings. The van der Waals surface area contributed by atoms with E-state index in [0.29, 0.717) is 12.0 Å². The highest BCUT2D eigenvalue weighted by Crippen LogP contribution is 2.43. The van der Waals surface area contributed by atoms with Gasteiger partial charge in [0.2, 0.25) is 0 Å². The molecule has 98 valence electrons. The van der Waals surface area contributed by atoms with Crippen molar-refractivity contribution >= 4 is 5.82 Å². The van der Waals surface area contributed by atoms with Gasteiger partial charge in [-0.3, -0.25) is 0 Å². The van der Waals surface area contributed by atoms with Crippen LogP contribution in [0.5, 0.6) is 0 Å². The normalized spacial score (nSPS) is 24.7. The van der Waals surface area contributed by atoms with E-state index in [2.05, 4.69) is 15.1 Å². The Morgan fingerprint density at radius 1 is 1.21 bits per heavy atom. The van der Waals surface area contributed by atoms with Crippen LogP contribution < -0.4 is 5.32 Å². The van der Waals surface area contributed by atoms with Crippen LogP contribution in [0.25, 0.3) is 11.1 Å². The van der Waals surface area contributed by atoms with Gasteiger partial charge < -0.3 is 5.32 Å². The smallest absolute Gasteiger partial charge is 0.132 e. The highest BCUT2D eigenvalue weighted by atomic mass is 19.1. The van der Waals surface area contributed by atoms with E-state index in [1.54, 1.807) is 0 Å². The topological polar surface area (TPSA) is 29.9 Å². The van der Waals surface area contributed by atoms with Crippen molar-refractivity contribution in [3.05, 3.63) is 36.3 Å². The first-order valence-corrected chi connectivity index (χ1v) is 6.90. The van der Waals surface area contributed by atoms with Gasteiger partial charge in [0.15, 0.2) is 0 Å². The molecule has 0 saturated heterocycles. The van der Waals surface area contributed by atoms with Gasteiger partial charge >= 0.3 is 0 Å². The van der Waals surface area contributed by atoms with Crippen molar-refractivity contribution in [3.63, 3.8) is 0 Å². The van der Waals surface area contributed by atoms with E-state index < -0.39 is 0 Å². The van der Waals surface area contributed by atoms with E-state index >= 15 is 0 Å². The summed E-state index contributed by atoms with van der Waals surface area (Å²) in [6, 6.07) is 7.18. The third-order valence-electron chi connectivity index (χ3n) is 4.42. The first-order valence-electron chi connectivity index (χ1n) is 6.90. The lowest BCUT2D eigenvalue weighted by Crippen LogP contribution is -2.29. The lowest BCUT2D eigenvalue weighted by atomic mass is 10.0. The molecule has 2 heterocycles. The van der Waals surface area contributed by atoms with E-state index in [1.807, 2.05) is 18.3 Å². The summed E-state index contributed by atoms with van der Waals surface area (Å²) in [6.45, 7) is 1.03. The van der Waals surface area contributed by atoms with Crippen molar-refractivity contribution in [2.75, 3.05) is 11.9 Å². The van der Waals surface area contributed by atoms with Gasteiger partial charge in [-0.2, -0.15) is 5.10 Å². The third kappa shape index (κ3) is 1.66. The van der Waals surface area contributed by atoms with Crippen LogP contribution in [-0.4, -0.2) is 16.3 Å². The maximum absolute atomic E-state index is 13.0. The Kier molecular flexibility index (Phi) is 2.37. The van der Waals surface area contributed by atoms with Gasteiger partial charge in [-0.05, 0) is 36.5 Å². The Hall–Kier alpha value is -1.84. The highest BCUT2D eigenvalue weighted by molar-refractivity contribution is 5.75. The minimum absolute atomic E-state index is 0.200. The molecule has 19 heavy (non-hydrogen) atoms. The van der Waals surface area contributed by atoms with Gasteiger partial charge in [-0.1, -0.05) is 18.6 Å². The molecule has 0 spiro atoms. The molecule has 1 aromatic carbocycles. The third-order valence-corrected chi connectivity index (χ3v) is 4.42. The molecular formula is C15H16FN3. The number of halogens is 1. The molecule has 3 nitrogen and oxygen atoms in total. The van der Waals surface area contributed by atoms with Gasteiger partial charge in [0.25, 0.3) is 0 Å². The zero-order valence-electron chi connectivity index (χ0n) is 10.6. The summed E-state index contributed by atoms with van der Waals surface area (Å²) in [7, 11) is 0. The number of rotatable bonds is 1. The molecule has 0 radical (unpaired) electrons. The average molecular weight is 257 g/mol. The lowest BCUT2D eigenvalue weighted by molar-refractivity contribution is 0.347. The SMILES string of the molecule is Fc1ccc(-c2cnn3c2NCC2CCCC23)cc1. The minimum Gasteiger partial charge on any atom is -0.369 e. The number of hydrogen-bond acceptors (Lipinski definition) is 2. The largest absolute Gasteiger partial charge is 0.369 e. The van der Waals surface area contributed by atoms with Crippen LogP contribution >= 0.6 is 0 Å². The van der Waals surface area contributed by atoms with Gasteiger partial charge in [0.1, 0.15) is 11.6 Å². The Morgan fingerprint density at radius 3 is 2.89 bits per heavy atom. The maximum atomic E-state index is 13.0. The fraction of sp³-hybridized carbons (Fsp3) is 0.400. The molecule has 1 fully saturated rings. The number of nitrogens with zero attached hydrogens (tertiary/aromatic N) is 2. The monoisotopic (exact) mass is 257 g/mol. The standard InChI is InChI=1S/C15H16FN3/c16-12-6-4-10(5-7-12)13-9-18-19-14-3-1-2-11(14)8-17-15(13)19/h4-7,9,11,14,17H,1-3,8H2. The van der Waals surface area contributed by atoms with Crippen LogP contribution in [0.1, 0.15) is 25.3 Å². The number of hydrogen-bond donors (Lipinski definition) is 1. The van der Waals surface area contributed by atoms with Gasteiger partial charge in [0.05, 0.1) is 12.2 Å². The summed E-state index contributed by atoms with van der Waals surface area (Å²) >= 11 is 0.